The first-order valence-corrected chi connectivity index (χ1v) is 5.83. The van der Waals surface area contributed by atoms with E-state index in [0.29, 0.717) is 0 Å². The maximum atomic E-state index is 9.28. The SMILES string of the molecule is NC1CCn2c(cnc2-c2ccc(O)cc2)C1. The maximum Gasteiger partial charge on any atom is 0.140 e. The zero-order valence-electron chi connectivity index (χ0n) is 9.50. The van der Waals surface area contributed by atoms with Gasteiger partial charge >= 0.3 is 0 Å². The summed E-state index contributed by atoms with van der Waals surface area (Å²) in [5.74, 6) is 1.24. The Morgan fingerprint density at radius 1 is 1.29 bits per heavy atom. The lowest BCUT2D eigenvalue weighted by Gasteiger charge is -2.21. The molecule has 3 rings (SSSR count). The minimum Gasteiger partial charge on any atom is -0.508 e. The molecule has 1 aliphatic rings. The van der Waals surface area contributed by atoms with Gasteiger partial charge in [0.2, 0.25) is 0 Å². The van der Waals surface area contributed by atoms with Crippen LogP contribution in [0.25, 0.3) is 11.4 Å². The number of phenols is 1. The van der Waals surface area contributed by atoms with Crippen LogP contribution in [0.3, 0.4) is 0 Å². The fraction of sp³-hybridized carbons (Fsp3) is 0.308. The number of nitrogens with zero attached hydrogens (tertiary/aromatic N) is 2. The molecule has 1 aromatic carbocycles. The average Bonchev–Trinajstić information content (AvgIpc) is 2.73. The van der Waals surface area contributed by atoms with Crippen molar-refractivity contribution in [2.45, 2.75) is 25.4 Å². The van der Waals surface area contributed by atoms with Crippen molar-refractivity contribution in [2.24, 2.45) is 5.73 Å². The van der Waals surface area contributed by atoms with Gasteiger partial charge in [0.05, 0.1) is 0 Å². The van der Waals surface area contributed by atoms with Gasteiger partial charge in [-0.25, -0.2) is 4.98 Å². The molecule has 0 amide bonds. The smallest absolute Gasteiger partial charge is 0.140 e. The normalized spacial score (nSPS) is 19.0. The predicted octanol–water partition coefficient (Wildman–Crippen LogP) is 1.53. The Hall–Kier alpha value is -1.81. The van der Waals surface area contributed by atoms with Gasteiger partial charge in [0.25, 0.3) is 0 Å². The third kappa shape index (κ3) is 1.80. The van der Waals surface area contributed by atoms with Crippen LogP contribution in [0.4, 0.5) is 0 Å². The fourth-order valence-electron chi connectivity index (χ4n) is 2.33. The highest BCUT2D eigenvalue weighted by Crippen LogP contribution is 2.25. The lowest BCUT2D eigenvalue weighted by molar-refractivity contribution is 0.473. The van der Waals surface area contributed by atoms with E-state index in [1.807, 2.05) is 18.3 Å². The summed E-state index contributed by atoms with van der Waals surface area (Å²) in [6.45, 7) is 0.923. The van der Waals surface area contributed by atoms with Crippen LogP contribution in [0.2, 0.25) is 0 Å². The second kappa shape index (κ2) is 3.89. The third-order valence-electron chi connectivity index (χ3n) is 3.26. The molecule has 1 atom stereocenters. The lowest BCUT2D eigenvalue weighted by Crippen LogP contribution is -2.30. The van der Waals surface area contributed by atoms with Crippen molar-refractivity contribution in [3.8, 4) is 17.1 Å². The second-order valence-electron chi connectivity index (χ2n) is 4.52. The van der Waals surface area contributed by atoms with Crippen molar-refractivity contribution in [3.05, 3.63) is 36.2 Å². The van der Waals surface area contributed by atoms with E-state index in [0.717, 1.165) is 30.8 Å². The molecular formula is C13H15N3O. The first kappa shape index (κ1) is 10.4. The minimum absolute atomic E-state index is 0.256. The summed E-state index contributed by atoms with van der Waals surface area (Å²) < 4.78 is 2.22. The third-order valence-corrected chi connectivity index (χ3v) is 3.26. The summed E-state index contributed by atoms with van der Waals surface area (Å²) in [4.78, 5) is 4.46. The quantitative estimate of drug-likeness (QED) is 0.779. The molecule has 0 spiro atoms. The van der Waals surface area contributed by atoms with E-state index in [-0.39, 0.29) is 11.8 Å². The van der Waals surface area contributed by atoms with Crippen LogP contribution < -0.4 is 5.73 Å². The Labute approximate surface area is 99.7 Å². The molecule has 88 valence electrons. The van der Waals surface area contributed by atoms with Crippen molar-refractivity contribution >= 4 is 0 Å². The average molecular weight is 229 g/mol. The molecule has 4 heteroatoms. The summed E-state index contributed by atoms with van der Waals surface area (Å²) >= 11 is 0. The first-order valence-electron chi connectivity index (χ1n) is 5.83. The zero-order valence-corrected chi connectivity index (χ0v) is 9.50. The minimum atomic E-state index is 0.256. The largest absolute Gasteiger partial charge is 0.508 e. The number of nitrogens with two attached hydrogens (primary N) is 1. The van der Waals surface area contributed by atoms with E-state index in [1.165, 1.54) is 5.69 Å². The first-order chi connectivity index (χ1) is 8.24. The molecule has 0 saturated heterocycles. The van der Waals surface area contributed by atoms with Crippen molar-refractivity contribution in [2.75, 3.05) is 0 Å². The molecule has 0 bridgehead atoms. The van der Waals surface area contributed by atoms with Gasteiger partial charge in [0, 0.05) is 36.5 Å². The molecule has 0 aliphatic carbocycles. The molecule has 17 heavy (non-hydrogen) atoms. The van der Waals surface area contributed by atoms with Crippen LogP contribution in [0.15, 0.2) is 30.5 Å². The van der Waals surface area contributed by atoms with E-state index in [1.54, 1.807) is 12.1 Å². The number of aromatic nitrogens is 2. The number of benzene rings is 1. The van der Waals surface area contributed by atoms with Gasteiger partial charge in [-0.3, -0.25) is 0 Å². The Morgan fingerprint density at radius 2 is 2.06 bits per heavy atom. The molecule has 1 aromatic heterocycles. The van der Waals surface area contributed by atoms with Gasteiger partial charge in [0.1, 0.15) is 11.6 Å². The Morgan fingerprint density at radius 3 is 2.82 bits per heavy atom. The molecule has 3 N–H and O–H groups in total. The number of rotatable bonds is 1. The number of phenolic OH excluding ortho intramolecular Hbond substituents is 1. The summed E-state index contributed by atoms with van der Waals surface area (Å²) in [6.07, 6.45) is 3.79. The molecule has 2 aromatic rings. The molecule has 0 radical (unpaired) electrons. The van der Waals surface area contributed by atoms with Crippen LogP contribution in [0.5, 0.6) is 5.75 Å². The van der Waals surface area contributed by atoms with E-state index in [9.17, 15) is 5.11 Å². The van der Waals surface area contributed by atoms with Crippen LogP contribution in [-0.2, 0) is 13.0 Å². The van der Waals surface area contributed by atoms with Gasteiger partial charge in [-0.1, -0.05) is 0 Å². The van der Waals surface area contributed by atoms with Gasteiger partial charge in [0.15, 0.2) is 0 Å². The molecule has 0 fully saturated rings. The molecule has 0 saturated carbocycles. The van der Waals surface area contributed by atoms with Crippen LogP contribution in [0.1, 0.15) is 12.1 Å². The maximum absolute atomic E-state index is 9.28. The molecule has 1 unspecified atom stereocenters. The van der Waals surface area contributed by atoms with Gasteiger partial charge in [-0.05, 0) is 30.7 Å². The summed E-state index contributed by atoms with van der Waals surface area (Å²) in [5.41, 5.74) is 8.18. The van der Waals surface area contributed by atoms with E-state index < -0.39 is 0 Å². The van der Waals surface area contributed by atoms with Crippen molar-refractivity contribution in [3.63, 3.8) is 0 Å². The van der Waals surface area contributed by atoms with Crippen molar-refractivity contribution in [1.29, 1.82) is 0 Å². The van der Waals surface area contributed by atoms with Crippen LogP contribution in [-0.4, -0.2) is 20.7 Å². The number of imidazole rings is 1. The Balaban J connectivity index is 2.02. The molecule has 2 heterocycles. The Kier molecular flexibility index (Phi) is 2.37. The van der Waals surface area contributed by atoms with Crippen molar-refractivity contribution in [1.82, 2.24) is 9.55 Å². The van der Waals surface area contributed by atoms with Crippen LogP contribution in [0, 0.1) is 0 Å². The lowest BCUT2D eigenvalue weighted by atomic mass is 10.1. The number of fused-ring (bicyclic) bond motifs is 1. The zero-order chi connectivity index (χ0) is 11.8. The highest BCUT2D eigenvalue weighted by Gasteiger charge is 2.19. The van der Waals surface area contributed by atoms with Crippen molar-refractivity contribution < 1.29 is 5.11 Å². The highest BCUT2D eigenvalue weighted by atomic mass is 16.3. The van der Waals surface area contributed by atoms with Gasteiger partial charge in [-0.2, -0.15) is 0 Å². The monoisotopic (exact) mass is 229 g/mol. The molecular weight excluding hydrogens is 214 g/mol. The molecule has 4 nitrogen and oxygen atoms in total. The number of aromatic hydroxyl groups is 1. The second-order valence-corrected chi connectivity index (χ2v) is 4.52. The summed E-state index contributed by atoms with van der Waals surface area (Å²) in [7, 11) is 0. The van der Waals surface area contributed by atoms with Gasteiger partial charge < -0.3 is 15.4 Å². The summed E-state index contributed by atoms with van der Waals surface area (Å²) in [6, 6.07) is 7.41. The molecule has 1 aliphatic heterocycles. The van der Waals surface area contributed by atoms with Crippen LogP contribution >= 0.6 is 0 Å². The number of hydrogen-bond donors (Lipinski definition) is 2. The highest BCUT2D eigenvalue weighted by molar-refractivity contribution is 5.57. The standard InChI is InChI=1S/C13H15N3O/c14-10-5-6-16-11(7-10)8-15-13(16)9-1-3-12(17)4-2-9/h1-4,8,10,17H,5-7,14H2. The topological polar surface area (TPSA) is 64.1 Å². The fourth-order valence-corrected chi connectivity index (χ4v) is 2.33. The predicted molar refractivity (Wildman–Crippen MR) is 65.6 cm³/mol. The van der Waals surface area contributed by atoms with E-state index in [4.69, 9.17) is 5.73 Å². The van der Waals surface area contributed by atoms with E-state index in [2.05, 4.69) is 9.55 Å². The Bertz CT molecular complexity index is 530. The van der Waals surface area contributed by atoms with Gasteiger partial charge in [-0.15, -0.1) is 0 Å². The van der Waals surface area contributed by atoms with E-state index >= 15 is 0 Å². The summed E-state index contributed by atoms with van der Waals surface area (Å²) in [5, 5.41) is 9.28. The number of hydrogen-bond acceptors (Lipinski definition) is 3.